The van der Waals surface area contributed by atoms with Gasteiger partial charge in [-0.1, -0.05) is 36.4 Å². The molecule has 3 rings (SSSR count). The number of amides is 1. The van der Waals surface area contributed by atoms with Crippen molar-refractivity contribution in [3.8, 4) is 5.75 Å². The molecule has 0 radical (unpaired) electrons. The summed E-state index contributed by atoms with van der Waals surface area (Å²) in [5.74, 6) is -0.117. The van der Waals surface area contributed by atoms with Gasteiger partial charge in [-0.25, -0.2) is 5.43 Å². The summed E-state index contributed by atoms with van der Waals surface area (Å²) in [6, 6.07) is 14.8. The number of nitrogens with one attached hydrogen (secondary N) is 1. The quantitative estimate of drug-likeness (QED) is 0.535. The highest BCUT2D eigenvalue weighted by molar-refractivity contribution is 9.10. The van der Waals surface area contributed by atoms with Crippen molar-refractivity contribution < 1.29 is 9.90 Å². The van der Waals surface area contributed by atoms with Crippen LogP contribution in [0.1, 0.15) is 11.1 Å². The number of phenols is 1. The maximum atomic E-state index is 11.9. The zero-order chi connectivity index (χ0) is 16.9. The van der Waals surface area contributed by atoms with Crippen LogP contribution in [-0.4, -0.2) is 22.2 Å². The molecule has 0 saturated heterocycles. The number of carbonyl (C=O) groups excluding carboxylic acids is 1. The van der Waals surface area contributed by atoms with E-state index in [-0.39, 0.29) is 18.1 Å². The molecule has 1 amide bonds. The minimum absolute atomic E-state index is 0.0795. The number of aromatic hydroxyl groups is 1. The van der Waals surface area contributed by atoms with Crippen LogP contribution in [0.4, 0.5) is 0 Å². The lowest BCUT2D eigenvalue weighted by molar-refractivity contribution is -0.120. The summed E-state index contributed by atoms with van der Waals surface area (Å²) in [5.41, 5.74) is 4.65. The predicted molar refractivity (Wildman–Crippen MR) is 97.0 cm³/mol. The number of carbonyl (C=O) groups is 1. The van der Waals surface area contributed by atoms with Crippen molar-refractivity contribution in [2.45, 2.75) is 6.42 Å². The Bertz CT molecular complexity index is 911. The number of hydrazone groups is 1. The van der Waals surface area contributed by atoms with E-state index in [2.05, 4.69) is 31.4 Å². The first-order valence-corrected chi connectivity index (χ1v) is 8.06. The Balaban J connectivity index is 1.76. The largest absolute Gasteiger partial charge is 0.505 e. The van der Waals surface area contributed by atoms with Crippen molar-refractivity contribution in [2.75, 3.05) is 0 Å². The molecule has 1 aromatic heterocycles. The van der Waals surface area contributed by atoms with E-state index in [1.165, 1.54) is 6.21 Å². The molecule has 0 fully saturated rings. The molecule has 3 aromatic rings. The molecule has 0 aliphatic heterocycles. The third kappa shape index (κ3) is 3.60. The van der Waals surface area contributed by atoms with E-state index >= 15 is 0 Å². The SMILES string of the molecule is O=C(Cc1ccccc1)N/N=C\c1cc(Br)c(O)c2ncccc12. The van der Waals surface area contributed by atoms with Gasteiger partial charge < -0.3 is 5.11 Å². The summed E-state index contributed by atoms with van der Waals surface area (Å²) < 4.78 is 0.519. The molecule has 1 heterocycles. The maximum absolute atomic E-state index is 11.9. The van der Waals surface area contributed by atoms with Crippen LogP contribution in [0.5, 0.6) is 5.75 Å². The van der Waals surface area contributed by atoms with Crippen molar-refractivity contribution in [3.63, 3.8) is 0 Å². The fraction of sp³-hybridized carbons (Fsp3) is 0.0556. The van der Waals surface area contributed by atoms with Crippen LogP contribution in [0, 0.1) is 0 Å². The number of halogens is 1. The highest BCUT2D eigenvalue weighted by Gasteiger charge is 2.09. The molecule has 120 valence electrons. The van der Waals surface area contributed by atoms with E-state index < -0.39 is 0 Å². The Hall–Kier alpha value is -2.73. The molecule has 0 spiro atoms. The number of fused-ring (bicyclic) bond motifs is 1. The fourth-order valence-corrected chi connectivity index (χ4v) is 2.76. The second-order valence-electron chi connectivity index (χ2n) is 5.15. The summed E-state index contributed by atoms with van der Waals surface area (Å²) >= 11 is 3.29. The van der Waals surface area contributed by atoms with Crippen LogP contribution in [0.25, 0.3) is 10.9 Å². The van der Waals surface area contributed by atoms with E-state index in [1.54, 1.807) is 18.3 Å². The second-order valence-corrected chi connectivity index (χ2v) is 6.01. The zero-order valence-corrected chi connectivity index (χ0v) is 14.2. The van der Waals surface area contributed by atoms with Gasteiger partial charge in [0.15, 0.2) is 5.75 Å². The molecular formula is C18H14BrN3O2. The normalized spacial score (nSPS) is 11.0. The molecule has 6 heteroatoms. The Morgan fingerprint density at radius 1 is 1.25 bits per heavy atom. The van der Waals surface area contributed by atoms with Crippen molar-refractivity contribution >= 4 is 39.0 Å². The first-order chi connectivity index (χ1) is 11.6. The molecule has 2 aromatic carbocycles. The predicted octanol–water partition coefficient (Wildman–Crippen LogP) is 3.40. The number of aromatic nitrogens is 1. The fourth-order valence-electron chi connectivity index (χ4n) is 2.32. The van der Waals surface area contributed by atoms with Gasteiger partial charge >= 0.3 is 0 Å². The molecule has 2 N–H and O–H groups in total. The van der Waals surface area contributed by atoms with Crippen LogP contribution < -0.4 is 5.43 Å². The Morgan fingerprint density at radius 3 is 2.83 bits per heavy atom. The van der Waals surface area contributed by atoms with Crippen molar-refractivity contribution in [1.29, 1.82) is 0 Å². The highest BCUT2D eigenvalue weighted by Crippen LogP contribution is 2.32. The average Bonchev–Trinajstić information content (AvgIpc) is 2.60. The number of hydrogen-bond acceptors (Lipinski definition) is 4. The molecular weight excluding hydrogens is 370 g/mol. The number of rotatable bonds is 4. The number of phenolic OH excluding ortho intramolecular Hbond substituents is 1. The number of pyridine rings is 1. The summed E-state index contributed by atoms with van der Waals surface area (Å²) in [5, 5.41) is 14.8. The summed E-state index contributed by atoms with van der Waals surface area (Å²) in [6.07, 6.45) is 3.41. The van der Waals surface area contributed by atoms with Crippen molar-refractivity contribution in [1.82, 2.24) is 10.4 Å². The van der Waals surface area contributed by atoms with E-state index in [1.807, 2.05) is 36.4 Å². The molecule has 0 saturated carbocycles. The van der Waals surface area contributed by atoms with Crippen LogP contribution in [-0.2, 0) is 11.2 Å². The smallest absolute Gasteiger partial charge is 0.244 e. The first kappa shape index (κ1) is 16.1. The monoisotopic (exact) mass is 383 g/mol. The van der Waals surface area contributed by atoms with Gasteiger partial charge in [0.2, 0.25) is 5.91 Å². The van der Waals surface area contributed by atoms with Crippen LogP contribution >= 0.6 is 15.9 Å². The molecule has 24 heavy (non-hydrogen) atoms. The topological polar surface area (TPSA) is 74.6 Å². The molecule has 0 atom stereocenters. The highest BCUT2D eigenvalue weighted by atomic mass is 79.9. The first-order valence-electron chi connectivity index (χ1n) is 7.27. The van der Waals surface area contributed by atoms with Crippen LogP contribution in [0.2, 0.25) is 0 Å². The lowest BCUT2D eigenvalue weighted by atomic mass is 10.1. The van der Waals surface area contributed by atoms with Gasteiger partial charge in [-0.3, -0.25) is 9.78 Å². The molecule has 0 aliphatic rings. The minimum Gasteiger partial charge on any atom is -0.505 e. The van der Waals surface area contributed by atoms with Gasteiger partial charge in [-0.05, 0) is 33.6 Å². The van der Waals surface area contributed by atoms with E-state index in [0.717, 1.165) is 16.5 Å². The molecule has 0 bridgehead atoms. The number of benzene rings is 2. The second kappa shape index (κ2) is 7.23. The van der Waals surface area contributed by atoms with Crippen LogP contribution in [0.3, 0.4) is 0 Å². The van der Waals surface area contributed by atoms with Gasteiger partial charge in [0.1, 0.15) is 5.52 Å². The van der Waals surface area contributed by atoms with Crippen LogP contribution in [0.15, 0.2) is 64.3 Å². The van der Waals surface area contributed by atoms with Gasteiger partial charge in [-0.2, -0.15) is 5.10 Å². The molecule has 0 unspecified atom stereocenters. The minimum atomic E-state index is -0.197. The van der Waals surface area contributed by atoms with Gasteiger partial charge in [0.05, 0.1) is 17.1 Å². The Labute approximate surface area is 147 Å². The zero-order valence-electron chi connectivity index (χ0n) is 12.6. The molecule has 0 aliphatic carbocycles. The maximum Gasteiger partial charge on any atom is 0.244 e. The average molecular weight is 384 g/mol. The van der Waals surface area contributed by atoms with Gasteiger partial charge in [0, 0.05) is 17.1 Å². The lowest BCUT2D eigenvalue weighted by Gasteiger charge is -2.06. The van der Waals surface area contributed by atoms with E-state index in [0.29, 0.717) is 9.99 Å². The van der Waals surface area contributed by atoms with Gasteiger partial charge in [-0.15, -0.1) is 0 Å². The Morgan fingerprint density at radius 2 is 2.04 bits per heavy atom. The number of hydrogen-bond donors (Lipinski definition) is 2. The van der Waals surface area contributed by atoms with Crippen molar-refractivity contribution in [2.24, 2.45) is 5.10 Å². The third-order valence-corrected chi connectivity index (χ3v) is 4.06. The molecule has 5 nitrogen and oxygen atoms in total. The summed E-state index contributed by atoms with van der Waals surface area (Å²) in [6.45, 7) is 0. The summed E-state index contributed by atoms with van der Waals surface area (Å²) in [4.78, 5) is 16.1. The Kier molecular flexibility index (Phi) is 4.86. The summed E-state index contributed by atoms with van der Waals surface area (Å²) in [7, 11) is 0. The lowest BCUT2D eigenvalue weighted by Crippen LogP contribution is -2.19. The third-order valence-electron chi connectivity index (χ3n) is 3.45. The number of nitrogens with zero attached hydrogens (tertiary/aromatic N) is 2. The standard InChI is InChI=1S/C18H14BrN3O2/c19-15-10-13(14-7-4-8-20-17(14)18(15)24)11-21-22-16(23)9-12-5-2-1-3-6-12/h1-8,10-11,24H,9H2,(H,22,23)/b21-11-. The van der Waals surface area contributed by atoms with Crippen molar-refractivity contribution in [3.05, 3.63) is 70.3 Å². The van der Waals surface area contributed by atoms with Gasteiger partial charge in [0.25, 0.3) is 0 Å². The van der Waals surface area contributed by atoms with E-state index in [4.69, 9.17) is 0 Å². The van der Waals surface area contributed by atoms with E-state index in [9.17, 15) is 9.90 Å².